The van der Waals surface area contributed by atoms with E-state index in [4.69, 9.17) is 0 Å². The summed E-state index contributed by atoms with van der Waals surface area (Å²) >= 11 is 1.71. The van der Waals surface area contributed by atoms with Crippen LogP contribution in [0.25, 0.3) is 10.8 Å². The average Bonchev–Trinajstić information content (AvgIpc) is 4.29. The fourth-order valence-corrected chi connectivity index (χ4v) is 3.02. The van der Waals surface area contributed by atoms with Crippen molar-refractivity contribution in [2.75, 3.05) is 0 Å². The molecule has 0 aliphatic rings. The van der Waals surface area contributed by atoms with E-state index in [1.165, 1.54) is 16.3 Å². The molecule has 3 heterocycles. The number of fused-ring (bicyclic) bond motifs is 1. The topological polar surface area (TPSA) is 26.0 Å². The minimum absolute atomic E-state index is 0. The van der Waals surface area contributed by atoms with E-state index in [-0.39, 0.29) is 7.43 Å². The molecule has 0 amide bonds. The molecule has 0 saturated carbocycles. The fraction of sp³-hybridized carbons (Fsp3) is 0.547. The molecule has 0 atom stereocenters. The molecule has 67 heavy (non-hydrogen) atoms. The van der Waals surface area contributed by atoms with Gasteiger partial charge in [0.25, 0.3) is 0 Å². The van der Waals surface area contributed by atoms with E-state index >= 15 is 0 Å². The summed E-state index contributed by atoms with van der Waals surface area (Å²) in [5.74, 6) is 0. The molecule has 0 bridgehead atoms. The molecule has 0 radical (unpaired) electrons. The average molecular weight is 963 g/mol. The summed E-state index contributed by atoms with van der Waals surface area (Å²) in [7, 11) is 0. The van der Waals surface area contributed by atoms with Crippen molar-refractivity contribution in [3.05, 3.63) is 162 Å². The number of rotatable bonds is 0. The molecule has 0 saturated heterocycles. The molecule has 0 aliphatic heterocycles. The second-order valence-electron chi connectivity index (χ2n) is 7.06. The van der Waals surface area contributed by atoms with Gasteiger partial charge in [-0.25, -0.2) is 0 Å². The van der Waals surface area contributed by atoms with Gasteiger partial charge in [-0.05, 0) is 59.6 Å². The van der Waals surface area contributed by atoms with Crippen LogP contribution in [0.5, 0.6) is 0 Å². The van der Waals surface area contributed by atoms with Crippen molar-refractivity contribution in [2.45, 2.75) is 243 Å². The third-order valence-corrected chi connectivity index (χ3v) is 4.89. The third-order valence-electron chi connectivity index (χ3n) is 4.26. The van der Waals surface area contributed by atoms with Gasteiger partial charge < -0.3 is 4.42 Å². The van der Waals surface area contributed by atoms with E-state index in [1.807, 2.05) is 300 Å². The van der Waals surface area contributed by atoms with E-state index < -0.39 is 0 Å². The molecule has 2 nitrogen and oxygen atoms in total. The number of aryl methyl sites for hydroxylation is 2. The summed E-state index contributed by atoms with van der Waals surface area (Å²) in [6.07, 6.45) is 5.04. The molecular weight excluding hydrogens is 831 g/mol. The van der Waals surface area contributed by atoms with Crippen molar-refractivity contribution in [1.82, 2.24) is 4.98 Å². The van der Waals surface area contributed by atoms with Gasteiger partial charge in [0.05, 0.1) is 12.5 Å². The van der Waals surface area contributed by atoms with Crippen molar-refractivity contribution < 1.29 is 4.42 Å². The highest BCUT2D eigenvalue weighted by Crippen LogP contribution is 2.11. The Hall–Kier alpha value is -3.95. The van der Waals surface area contributed by atoms with Crippen LogP contribution in [0.3, 0.4) is 0 Å². The molecule has 6 aromatic rings. The van der Waals surface area contributed by atoms with Crippen molar-refractivity contribution in [2.24, 2.45) is 0 Å². The second kappa shape index (κ2) is 178. The molecule has 0 spiro atoms. The molecule has 3 aromatic heterocycles. The summed E-state index contributed by atoms with van der Waals surface area (Å²) in [6, 6.07) is 40.5. The van der Waals surface area contributed by atoms with Gasteiger partial charge >= 0.3 is 0 Å². The summed E-state index contributed by atoms with van der Waals surface area (Å²) < 4.78 is 4.58. The lowest BCUT2D eigenvalue weighted by atomic mass is 10.1. The number of hydrogen-bond donors (Lipinski definition) is 0. The van der Waals surface area contributed by atoms with Gasteiger partial charge in [0, 0.05) is 11.9 Å². The Labute approximate surface area is 434 Å². The maximum Gasteiger partial charge on any atom is 0.0902 e. The number of furan rings is 1. The number of aromatic nitrogens is 1. The van der Waals surface area contributed by atoms with Crippen LogP contribution in [0.15, 0.2) is 155 Å². The van der Waals surface area contributed by atoms with Crippen LogP contribution in [0.1, 0.15) is 240 Å². The first kappa shape index (κ1) is 110. The zero-order valence-electron chi connectivity index (χ0n) is 51.7. The number of pyridine rings is 1. The van der Waals surface area contributed by atoms with E-state index in [2.05, 4.69) is 77.0 Å². The fourth-order valence-electron chi connectivity index (χ4n) is 2.57. The first-order chi connectivity index (χ1) is 32.8. The molecule has 0 fully saturated rings. The lowest BCUT2D eigenvalue weighted by Gasteiger charge is -1.92. The highest BCUT2D eigenvalue weighted by atomic mass is 32.1. The summed E-state index contributed by atoms with van der Waals surface area (Å²) in [6.45, 7) is 68.1. The lowest BCUT2D eigenvalue weighted by molar-refractivity contribution is 0.567. The molecule has 0 unspecified atom stereocenters. The normalized spacial score (nSPS) is 5.94. The van der Waals surface area contributed by atoms with Gasteiger partial charge in [0.2, 0.25) is 0 Å². The van der Waals surface area contributed by atoms with Crippen LogP contribution in [-0.4, -0.2) is 4.98 Å². The van der Waals surface area contributed by atoms with Gasteiger partial charge in [-0.3, -0.25) is 4.98 Å². The van der Waals surface area contributed by atoms with Crippen LogP contribution in [-0.2, 0) is 0 Å². The molecule has 0 aliphatic carbocycles. The molecule has 3 aromatic carbocycles. The Kier molecular flexibility index (Phi) is 291. The van der Waals surface area contributed by atoms with Gasteiger partial charge in [0.15, 0.2) is 0 Å². The van der Waals surface area contributed by atoms with Crippen molar-refractivity contribution in [1.29, 1.82) is 0 Å². The molecule has 0 N–H and O–H groups in total. The summed E-state index contributed by atoms with van der Waals surface area (Å²) in [5.41, 5.74) is 2.39. The Balaban J connectivity index is -0.0000000304. The van der Waals surface area contributed by atoms with E-state index in [9.17, 15) is 0 Å². The standard InChI is InChI=1S/C10H8.C7H8.C6H7N.C4H4O.C4H4S.16C2H6.CH4/c1-2-6-10-8-4-3-7-9(10)5-1;1-7-5-3-2-4-6-7;1-6-4-2-3-5-7-6;2*1-2-4-5-3-1;16*1-2;/h1-8H;2-6H,1H3;2-5H,1H3;2*1-4H;16*1-2H3;1H4. The van der Waals surface area contributed by atoms with Crippen LogP contribution in [0, 0.1) is 13.8 Å². The Morgan fingerprint density at radius 3 is 0.687 bits per heavy atom. The van der Waals surface area contributed by atoms with Crippen LogP contribution < -0.4 is 0 Å². The SMILES string of the molecule is C.CC.CC.CC.CC.CC.CC.CC.CC.CC.CC.CC.CC.CC.CC.CC.CC.Cc1ccccc1.Cc1ccccn1.c1ccc2ccccc2c1.c1ccoc1.c1ccsc1. The van der Waals surface area contributed by atoms with Gasteiger partial charge in [0.1, 0.15) is 0 Å². The monoisotopic (exact) mass is 962 g/mol. The zero-order chi connectivity index (χ0) is 56.1. The van der Waals surface area contributed by atoms with E-state index in [1.54, 1.807) is 30.1 Å². The van der Waals surface area contributed by atoms with Crippen LogP contribution >= 0.6 is 11.3 Å². The number of nitrogens with zero attached hydrogens (tertiary/aromatic N) is 1. The van der Waals surface area contributed by atoms with Crippen LogP contribution in [0.2, 0.25) is 0 Å². The van der Waals surface area contributed by atoms with Gasteiger partial charge in [-0.1, -0.05) is 332 Å². The molecular formula is C64H131NOS. The second-order valence-corrected chi connectivity index (χ2v) is 7.88. The minimum Gasteiger partial charge on any atom is -0.473 e. The number of hydrogen-bond acceptors (Lipinski definition) is 3. The molecule has 3 heteroatoms. The Bertz CT molecular complexity index is 1040. The highest BCUT2D eigenvalue weighted by Gasteiger charge is 1.85. The first-order valence-corrected chi connectivity index (χ1v) is 28.0. The lowest BCUT2D eigenvalue weighted by Crippen LogP contribution is -1.72. The third kappa shape index (κ3) is 139. The molecule has 404 valence electrons. The minimum atomic E-state index is 0. The van der Waals surface area contributed by atoms with Crippen LogP contribution in [0.4, 0.5) is 0 Å². The van der Waals surface area contributed by atoms with E-state index in [0.29, 0.717) is 0 Å². The summed E-state index contributed by atoms with van der Waals surface area (Å²) in [5, 5.41) is 6.70. The first-order valence-electron chi connectivity index (χ1n) is 27.0. The zero-order valence-corrected chi connectivity index (χ0v) is 52.5. The maximum absolute atomic E-state index is 4.58. The number of thiophene rings is 1. The predicted molar refractivity (Wildman–Crippen MR) is 335 cm³/mol. The van der Waals surface area contributed by atoms with Gasteiger partial charge in [-0.2, -0.15) is 11.3 Å². The predicted octanol–water partition coefficient (Wildman–Crippen LogP) is 26.3. The van der Waals surface area contributed by atoms with Crippen molar-refractivity contribution in [3.8, 4) is 0 Å². The van der Waals surface area contributed by atoms with Gasteiger partial charge in [-0.15, -0.1) is 0 Å². The Morgan fingerprint density at radius 2 is 0.552 bits per heavy atom. The van der Waals surface area contributed by atoms with Crippen molar-refractivity contribution >= 4 is 22.1 Å². The van der Waals surface area contributed by atoms with E-state index in [0.717, 1.165) is 5.69 Å². The Morgan fingerprint density at radius 1 is 0.299 bits per heavy atom. The quantitative estimate of drug-likeness (QED) is 0.152. The van der Waals surface area contributed by atoms with Crippen molar-refractivity contribution in [3.63, 3.8) is 0 Å². The largest absolute Gasteiger partial charge is 0.473 e. The highest BCUT2D eigenvalue weighted by molar-refractivity contribution is 7.07. The smallest absolute Gasteiger partial charge is 0.0902 e. The number of benzene rings is 3. The molecule has 6 rings (SSSR count). The summed E-state index contributed by atoms with van der Waals surface area (Å²) in [4.78, 5) is 3.98. The maximum atomic E-state index is 4.58.